The van der Waals surface area contributed by atoms with Crippen LogP contribution in [0, 0.1) is 3.57 Å². The Hall–Kier alpha value is -0.560. The molecule has 2 rings (SSSR count). The highest BCUT2D eigenvalue weighted by atomic mass is 127. The lowest BCUT2D eigenvalue weighted by Gasteiger charge is -2.01. The van der Waals surface area contributed by atoms with E-state index < -0.39 is 0 Å². The van der Waals surface area contributed by atoms with E-state index in [1.807, 2.05) is 4.68 Å². The average Bonchev–Trinajstić information content (AvgIpc) is 2.71. The van der Waals surface area contributed by atoms with Gasteiger partial charge >= 0.3 is 0 Å². The van der Waals surface area contributed by atoms with Crippen molar-refractivity contribution in [1.29, 1.82) is 0 Å². The smallest absolute Gasteiger partial charge is 0.135 e. The van der Waals surface area contributed by atoms with Crippen LogP contribution in [0.3, 0.4) is 0 Å². The number of aromatic nitrogens is 2. The van der Waals surface area contributed by atoms with Gasteiger partial charge in [0.1, 0.15) is 5.82 Å². The van der Waals surface area contributed by atoms with Gasteiger partial charge in [0.05, 0.1) is 16.3 Å². The van der Waals surface area contributed by atoms with Crippen LogP contribution in [0.5, 0.6) is 0 Å². The minimum absolute atomic E-state index is 0.742. The van der Waals surface area contributed by atoms with E-state index in [4.69, 9.17) is 5.73 Å². The van der Waals surface area contributed by atoms with Crippen molar-refractivity contribution in [2.24, 2.45) is 0 Å². The maximum Gasteiger partial charge on any atom is 0.135 e. The Labute approximate surface area is 93.7 Å². The number of nitrogens with two attached hydrogens (primary N) is 1. The van der Waals surface area contributed by atoms with Gasteiger partial charge in [0, 0.05) is 0 Å². The predicted molar refractivity (Wildman–Crippen MR) is 62.8 cm³/mol. The first-order valence-electron chi connectivity index (χ1n) is 3.75. The first kappa shape index (κ1) is 9.01. The Morgan fingerprint density at radius 3 is 3.00 bits per heavy atom. The highest BCUT2D eigenvalue weighted by Crippen LogP contribution is 2.15. The molecule has 0 aliphatic carbocycles. The molecule has 0 aromatic carbocycles. The summed E-state index contributed by atoms with van der Waals surface area (Å²) < 4.78 is 2.82. The molecule has 0 bridgehead atoms. The van der Waals surface area contributed by atoms with Crippen LogP contribution in [0.2, 0.25) is 0 Å². The fourth-order valence-corrected chi connectivity index (χ4v) is 2.12. The Morgan fingerprint density at radius 1 is 1.62 bits per heavy atom. The van der Waals surface area contributed by atoms with E-state index in [0.29, 0.717) is 0 Å². The zero-order chi connectivity index (χ0) is 9.26. The Morgan fingerprint density at radius 2 is 2.46 bits per heavy atom. The minimum atomic E-state index is 0.742. The quantitative estimate of drug-likeness (QED) is 0.864. The summed E-state index contributed by atoms with van der Waals surface area (Å²) in [5.41, 5.74) is 7.06. The Bertz CT molecular complexity index is 393. The highest BCUT2D eigenvalue weighted by Gasteiger charge is 2.04. The van der Waals surface area contributed by atoms with Crippen LogP contribution in [0.25, 0.3) is 0 Å². The zero-order valence-corrected chi connectivity index (χ0v) is 9.75. The van der Waals surface area contributed by atoms with Crippen molar-refractivity contribution in [1.82, 2.24) is 9.78 Å². The molecule has 0 fully saturated rings. The number of hydrogen-bond acceptors (Lipinski definition) is 3. The largest absolute Gasteiger partial charge is 0.383 e. The molecule has 2 N–H and O–H groups in total. The number of rotatable bonds is 2. The minimum Gasteiger partial charge on any atom is -0.383 e. The lowest BCUT2D eigenvalue weighted by Crippen LogP contribution is -2.05. The van der Waals surface area contributed by atoms with E-state index >= 15 is 0 Å². The molecule has 0 unspecified atom stereocenters. The van der Waals surface area contributed by atoms with E-state index in [1.54, 1.807) is 17.5 Å². The Balaban J connectivity index is 2.24. The molecule has 2 aromatic heterocycles. The summed E-state index contributed by atoms with van der Waals surface area (Å²) in [6.45, 7) is 0.762. The number of thiophene rings is 1. The number of halogens is 1. The molecule has 0 aliphatic heterocycles. The van der Waals surface area contributed by atoms with Crippen molar-refractivity contribution in [2.75, 3.05) is 5.73 Å². The van der Waals surface area contributed by atoms with Gasteiger partial charge in [-0.15, -0.1) is 0 Å². The molecule has 2 aromatic rings. The number of nitrogen functional groups attached to an aromatic ring is 1. The van der Waals surface area contributed by atoms with Gasteiger partial charge in [-0.3, -0.25) is 0 Å². The van der Waals surface area contributed by atoms with Crippen LogP contribution in [0.15, 0.2) is 23.0 Å². The van der Waals surface area contributed by atoms with Crippen LogP contribution < -0.4 is 5.73 Å². The normalized spacial score (nSPS) is 10.5. The molecule has 2 heterocycles. The monoisotopic (exact) mass is 305 g/mol. The van der Waals surface area contributed by atoms with E-state index in [0.717, 1.165) is 15.9 Å². The molecule has 0 aliphatic rings. The first-order chi connectivity index (χ1) is 6.27. The van der Waals surface area contributed by atoms with Gasteiger partial charge in [0.2, 0.25) is 0 Å². The summed E-state index contributed by atoms with van der Waals surface area (Å²) in [4.78, 5) is 0. The van der Waals surface area contributed by atoms with Crippen molar-refractivity contribution < 1.29 is 0 Å². The fraction of sp³-hybridized carbons (Fsp3) is 0.125. The van der Waals surface area contributed by atoms with Gasteiger partial charge in [-0.2, -0.15) is 16.4 Å². The number of nitrogens with zero attached hydrogens (tertiary/aromatic N) is 2. The van der Waals surface area contributed by atoms with E-state index in [-0.39, 0.29) is 0 Å². The third-order valence-corrected chi connectivity index (χ3v) is 3.31. The van der Waals surface area contributed by atoms with Gasteiger partial charge in [0.25, 0.3) is 0 Å². The molecule has 0 atom stereocenters. The van der Waals surface area contributed by atoms with Gasteiger partial charge in [0.15, 0.2) is 0 Å². The van der Waals surface area contributed by atoms with E-state index in [2.05, 4.69) is 44.5 Å². The number of hydrogen-bond donors (Lipinski definition) is 1. The molecule has 0 amide bonds. The lowest BCUT2D eigenvalue weighted by molar-refractivity contribution is 0.699. The molecule has 0 spiro atoms. The summed E-state index contributed by atoms with van der Waals surface area (Å²) >= 11 is 3.87. The predicted octanol–water partition coefficient (Wildman–Crippen LogP) is 2.18. The second-order valence-electron chi connectivity index (χ2n) is 2.67. The highest BCUT2D eigenvalue weighted by molar-refractivity contribution is 14.1. The SMILES string of the molecule is Nc1c(I)cnn1Cc1ccsc1. The molecule has 0 radical (unpaired) electrons. The molecule has 0 saturated carbocycles. The third kappa shape index (κ3) is 1.86. The third-order valence-electron chi connectivity index (χ3n) is 1.75. The van der Waals surface area contributed by atoms with Crippen molar-refractivity contribution in [3.63, 3.8) is 0 Å². The van der Waals surface area contributed by atoms with Crippen LogP contribution in [-0.4, -0.2) is 9.78 Å². The summed E-state index contributed by atoms with van der Waals surface area (Å²) in [5, 5.41) is 8.34. The molecule has 0 saturated heterocycles. The standard InChI is InChI=1S/C8H8IN3S/c9-7-3-11-12(8(7)10)4-6-1-2-13-5-6/h1-3,5H,4,10H2. The molecular formula is C8H8IN3S. The summed E-state index contributed by atoms with van der Waals surface area (Å²) in [7, 11) is 0. The fourth-order valence-electron chi connectivity index (χ4n) is 1.05. The second-order valence-corrected chi connectivity index (χ2v) is 4.61. The maximum atomic E-state index is 5.82. The molecule has 3 nitrogen and oxygen atoms in total. The topological polar surface area (TPSA) is 43.8 Å². The second kappa shape index (κ2) is 3.67. The Kier molecular flexibility index (Phi) is 2.54. The van der Waals surface area contributed by atoms with Crippen molar-refractivity contribution in [3.8, 4) is 0 Å². The van der Waals surface area contributed by atoms with Crippen molar-refractivity contribution in [3.05, 3.63) is 32.2 Å². The number of anilines is 1. The van der Waals surface area contributed by atoms with Crippen molar-refractivity contribution in [2.45, 2.75) is 6.54 Å². The van der Waals surface area contributed by atoms with Crippen LogP contribution in [0.4, 0.5) is 5.82 Å². The van der Waals surface area contributed by atoms with Gasteiger partial charge in [-0.05, 0) is 45.0 Å². The van der Waals surface area contributed by atoms with Crippen molar-refractivity contribution >= 4 is 39.7 Å². The van der Waals surface area contributed by atoms with E-state index in [1.165, 1.54) is 5.56 Å². The van der Waals surface area contributed by atoms with Gasteiger partial charge in [-0.25, -0.2) is 4.68 Å². The van der Waals surface area contributed by atoms with Gasteiger partial charge < -0.3 is 5.73 Å². The van der Waals surface area contributed by atoms with Gasteiger partial charge in [-0.1, -0.05) is 0 Å². The van der Waals surface area contributed by atoms with Crippen LogP contribution in [-0.2, 0) is 6.54 Å². The summed E-state index contributed by atoms with van der Waals surface area (Å²) in [6, 6.07) is 2.08. The van der Waals surface area contributed by atoms with Crippen LogP contribution >= 0.6 is 33.9 Å². The molecule has 68 valence electrons. The maximum absolute atomic E-state index is 5.82. The summed E-state index contributed by atoms with van der Waals surface area (Å²) in [5.74, 6) is 0.742. The molecule has 13 heavy (non-hydrogen) atoms. The average molecular weight is 305 g/mol. The lowest BCUT2D eigenvalue weighted by atomic mass is 10.3. The molecule has 5 heteroatoms. The first-order valence-corrected chi connectivity index (χ1v) is 5.77. The zero-order valence-electron chi connectivity index (χ0n) is 6.77. The van der Waals surface area contributed by atoms with E-state index in [9.17, 15) is 0 Å². The van der Waals surface area contributed by atoms with Crippen LogP contribution in [0.1, 0.15) is 5.56 Å². The summed E-state index contributed by atoms with van der Waals surface area (Å²) in [6.07, 6.45) is 1.78. The molecular weight excluding hydrogens is 297 g/mol.